The second-order valence-corrected chi connectivity index (χ2v) is 8.32. The summed E-state index contributed by atoms with van der Waals surface area (Å²) in [6.45, 7) is 3.33. The van der Waals surface area contributed by atoms with E-state index in [4.69, 9.17) is 35.4 Å². The minimum Gasteiger partial charge on any atom is -0.330 e. The average molecular weight is 471 g/mol. The predicted molar refractivity (Wildman–Crippen MR) is 130 cm³/mol. The molecule has 0 fully saturated rings. The van der Waals surface area contributed by atoms with Gasteiger partial charge in [-0.1, -0.05) is 53.5 Å². The molecule has 4 rings (SSSR count). The SMILES string of the molecule is Cc1ccccc1Cn1cc(NC(=S)Nc2ccn(Cc3ccc(Cl)cc3Cl)n2)cn1. The second-order valence-electron chi connectivity index (χ2n) is 7.07. The van der Waals surface area contributed by atoms with Crippen LogP contribution < -0.4 is 10.6 Å². The van der Waals surface area contributed by atoms with E-state index < -0.39 is 0 Å². The number of anilines is 2. The largest absolute Gasteiger partial charge is 0.330 e. The van der Waals surface area contributed by atoms with Gasteiger partial charge in [0.15, 0.2) is 10.9 Å². The number of rotatable bonds is 6. The number of aromatic nitrogens is 4. The number of hydrogen-bond donors (Lipinski definition) is 2. The molecule has 6 nitrogen and oxygen atoms in total. The summed E-state index contributed by atoms with van der Waals surface area (Å²) in [5.41, 5.74) is 4.20. The maximum atomic E-state index is 6.24. The van der Waals surface area contributed by atoms with Gasteiger partial charge in [-0.05, 0) is 48.0 Å². The van der Waals surface area contributed by atoms with Crippen LogP contribution in [-0.4, -0.2) is 24.7 Å². The molecule has 0 unspecified atom stereocenters. The highest BCUT2D eigenvalue weighted by Gasteiger charge is 2.07. The summed E-state index contributed by atoms with van der Waals surface area (Å²) >= 11 is 17.6. The van der Waals surface area contributed by atoms with Gasteiger partial charge >= 0.3 is 0 Å². The van der Waals surface area contributed by atoms with E-state index in [1.54, 1.807) is 16.9 Å². The molecule has 2 heterocycles. The first kappa shape index (κ1) is 21.4. The van der Waals surface area contributed by atoms with Gasteiger partial charge < -0.3 is 10.6 Å². The van der Waals surface area contributed by atoms with Crippen LogP contribution in [0.5, 0.6) is 0 Å². The lowest BCUT2D eigenvalue weighted by atomic mass is 10.1. The Balaban J connectivity index is 1.33. The molecule has 2 aromatic carbocycles. The molecule has 4 aromatic rings. The Bertz CT molecular complexity index is 1220. The predicted octanol–water partition coefficient (Wildman–Crippen LogP) is 5.60. The molecule has 0 aliphatic rings. The first-order chi connectivity index (χ1) is 15.0. The summed E-state index contributed by atoms with van der Waals surface area (Å²) in [6, 6.07) is 15.5. The normalized spacial score (nSPS) is 10.8. The van der Waals surface area contributed by atoms with Crippen molar-refractivity contribution in [3.8, 4) is 0 Å². The molecule has 9 heteroatoms. The summed E-state index contributed by atoms with van der Waals surface area (Å²) < 4.78 is 3.65. The van der Waals surface area contributed by atoms with Gasteiger partial charge in [-0.15, -0.1) is 0 Å². The summed E-state index contributed by atoms with van der Waals surface area (Å²) in [5, 5.41) is 16.8. The Kier molecular flexibility index (Phi) is 6.56. The van der Waals surface area contributed by atoms with Crippen molar-refractivity contribution in [3.63, 3.8) is 0 Å². The van der Waals surface area contributed by atoms with E-state index in [0.29, 0.717) is 34.1 Å². The molecular formula is C22H20Cl2N6S. The molecule has 2 N–H and O–H groups in total. The zero-order valence-corrected chi connectivity index (χ0v) is 19.0. The van der Waals surface area contributed by atoms with Gasteiger partial charge in [-0.3, -0.25) is 9.36 Å². The molecule has 0 aliphatic heterocycles. The van der Waals surface area contributed by atoms with Crippen molar-refractivity contribution < 1.29 is 0 Å². The minimum absolute atomic E-state index is 0.435. The van der Waals surface area contributed by atoms with Crippen molar-refractivity contribution >= 4 is 52.0 Å². The maximum Gasteiger partial charge on any atom is 0.176 e. The highest BCUT2D eigenvalue weighted by Crippen LogP contribution is 2.22. The molecule has 2 aromatic heterocycles. The fourth-order valence-electron chi connectivity index (χ4n) is 3.10. The Morgan fingerprint density at radius 1 is 1.00 bits per heavy atom. The molecule has 0 saturated heterocycles. The summed E-state index contributed by atoms with van der Waals surface area (Å²) in [5.74, 6) is 0.634. The van der Waals surface area contributed by atoms with E-state index in [-0.39, 0.29) is 0 Å². The van der Waals surface area contributed by atoms with Crippen LogP contribution in [0.1, 0.15) is 16.7 Å². The fraction of sp³-hybridized carbons (Fsp3) is 0.136. The molecule has 31 heavy (non-hydrogen) atoms. The minimum atomic E-state index is 0.435. The number of hydrogen-bond acceptors (Lipinski definition) is 3. The molecule has 0 radical (unpaired) electrons. The van der Waals surface area contributed by atoms with Crippen molar-refractivity contribution in [2.24, 2.45) is 0 Å². The van der Waals surface area contributed by atoms with Crippen LogP contribution in [0.2, 0.25) is 10.0 Å². The molecule has 0 saturated carbocycles. The topological polar surface area (TPSA) is 59.7 Å². The van der Waals surface area contributed by atoms with Gasteiger partial charge in [0.05, 0.1) is 25.0 Å². The number of nitrogens with zero attached hydrogens (tertiary/aromatic N) is 4. The summed E-state index contributed by atoms with van der Waals surface area (Å²) in [6.07, 6.45) is 5.52. The molecule has 0 spiro atoms. The van der Waals surface area contributed by atoms with Crippen LogP contribution in [-0.2, 0) is 13.1 Å². The first-order valence-electron chi connectivity index (χ1n) is 9.58. The quantitative estimate of drug-likeness (QED) is 0.359. The van der Waals surface area contributed by atoms with Gasteiger partial charge in [0.1, 0.15) is 0 Å². The van der Waals surface area contributed by atoms with Gasteiger partial charge in [0, 0.05) is 28.5 Å². The molecule has 0 aliphatic carbocycles. The number of nitrogens with one attached hydrogen (secondary N) is 2. The van der Waals surface area contributed by atoms with E-state index in [1.807, 2.05) is 47.4 Å². The third-order valence-corrected chi connectivity index (χ3v) is 5.51. The zero-order chi connectivity index (χ0) is 21.8. The van der Waals surface area contributed by atoms with Crippen LogP contribution in [0.4, 0.5) is 11.5 Å². The molecule has 0 atom stereocenters. The fourth-order valence-corrected chi connectivity index (χ4v) is 3.79. The lowest BCUT2D eigenvalue weighted by Gasteiger charge is -2.07. The Hall–Kier alpha value is -2.87. The third-order valence-electron chi connectivity index (χ3n) is 4.71. The average Bonchev–Trinajstić information content (AvgIpc) is 3.35. The van der Waals surface area contributed by atoms with Gasteiger partial charge in [-0.25, -0.2) is 0 Å². The van der Waals surface area contributed by atoms with Crippen molar-refractivity contribution in [1.82, 2.24) is 19.6 Å². The smallest absolute Gasteiger partial charge is 0.176 e. The van der Waals surface area contributed by atoms with Gasteiger partial charge in [-0.2, -0.15) is 10.2 Å². The van der Waals surface area contributed by atoms with E-state index >= 15 is 0 Å². The Labute approximate surface area is 195 Å². The Morgan fingerprint density at radius 3 is 2.61 bits per heavy atom. The first-order valence-corrected chi connectivity index (χ1v) is 10.7. The van der Waals surface area contributed by atoms with E-state index in [1.165, 1.54) is 11.1 Å². The monoisotopic (exact) mass is 470 g/mol. The van der Waals surface area contributed by atoms with Crippen LogP contribution in [0.25, 0.3) is 0 Å². The highest BCUT2D eigenvalue weighted by atomic mass is 35.5. The number of thiocarbonyl (C=S) groups is 1. The number of halogens is 2. The number of benzene rings is 2. The van der Waals surface area contributed by atoms with Crippen molar-refractivity contribution in [3.05, 3.63) is 93.9 Å². The van der Waals surface area contributed by atoms with Crippen molar-refractivity contribution in [2.75, 3.05) is 10.6 Å². The lowest BCUT2D eigenvalue weighted by Crippen LogP contribution is -2.19. The molecule has 158 valence electrons. The molecule has 0 bridgehead atoms. The molecular weight excluding hydrogens is 451 g/mol. The van der Waals surface area contributed by atoms with E-state index in [2.05, 4.69) is 39.9 Å². The van der Waals surface area contributed by atoms with E-state index in [0.717, 1.165) is 11.3 Å². The van der Waals surface area contributed by atoms with Crippen molar-refractivity contribution in [2.45, 2.75) is 20.0 Å². The molecule has 0 amide bonds. The second kappa shape index (κ2) is 9.51. The van der Waals surface area contributed by atoms with E-state index in [9.17, 15) is 0 Å². The lowest BCUT2D eigenvalue weighted by molar-refractivity contribution is 0.684. The van der Waals surface area contributed by atoms with Crippen LogP contribution >= 0.6 is 35.4 Å². The van der Waals surface area contributed by atoms with Crippen molar-refractivity contribution in [1.29, 1.82) is 0 Å². The van der Waals surface area contributed by atoms with Crippen LogP contribution in [0.3, 0.4) is 0 Å². The zero-order valence-electron chi connectivity index (χ0n) is 16.7. The van der Waals surface area contributed by atoms with Crippen LogP contribution in [0, 0.1) is 6.92 Å². The van der Waals surface area contributed by atoms with Crippen LogP contribution in [0.15, 0.2) is 67.1 Å². The summed E-state index contributed by atoms with van der Waals surface area (Å²) in [7, 11) is 0. The number of aryl methyl sites for hydroxylation is 1. The Morgan fingerprint density at radius 2 is 1.81 bits per heavy atom. The van der Waals surface area contributed by atoms with Gasteiger partial charge in [0.25, 0.3) is 0 Å². The standard InChI is InChI=1S/C22H20Cl2N6S/c1-15-4-2-3-5-16(15)12-30-14-19(11-25-30)26-22(31)27-21-8-9-29(28-21)13-17-6-7-18(23)10-20(17)24/h2-11,14H,12-13H2,1H3,(H2,26,27,28,31). The maximum absolute atomic E-state index is 6.24. The highest BCUT2D eigenvalue weighted by molar-refractivity contribution is 7.80. The summed E-state index contributed by atoms with van der Waals surface area (Å²) in [4.78, 5) is 0. The third kappa shape index (κ3) is 5.64. The van der Waals surface area contributed by atoms with Gasteiger partial charge in [0.2, 0.25) is 0 Å².